The second-order valence-electron chi connectivity index (χ2n) is 4.12. The Morgan fingerprint density at radius 3 is 2.67 bits per heavy atom. The molecule has 9 heteroatoms. The second kappa shape index (κ2) is 6.68. The van der Waals surface area contributed by atoms with Crippen molar-refractivity contribution in [2.45, 2.75) is 18.2 Å². The predicted molar refractivity (Wildman–Crippen MR) is 80.9 cm³/mol. The summed E-state index contributed by atoms with van der Waals surface area (Å²) >= 11 is 6.03. The lowest BCUT2D eigenvalue weighted by Crippen LogP contribution is -2.15. The molecule has 21 heavy (non-hydrogen) atoms. The van der Waals surface area contributed by atoms with Crippen LogP contribution in [0.4, 0.5) is 11.6 Å². The van der Waals surface area contributed by atoms with Gasteiger partial charge in [-0.05, 0) is 12.5 Å². The minimum absolute atomic E-state index is 0.0415. The number of aromatic nitrogens is 3. The van der Waals surface area contributed by atoms with Gasteiger partial charge in [-0.2, -0.15) is 0 Å². The van der Waals surface area contributed by atoms with E-state index in [1.807, 2.05) is 6.92 Å². The largest absolute Gasteiger partial charge is 0.369 e. The topological polar surface area (TPSA) is 96.9 Å². The summed E-state index contributed by atoms with van der Waals surface area (Å²) in [7, 11) is -3.80. The summed E-state index contributed by atoms with van der Waals surface area (Å²) in [5.74, 6) is 0.582. The van der Waals surface area contributed by atoms with E-state index in [2.05, 4.69) is 25.0 Å². The average molecular weight is 328 g/mol. The fraction of sp³-hybridized carbons (Fsp3) is 0.250. The minimum atomic E-state index is -3.80. The van der Waals surface area contributed by atoms with Gasteiger partial charge in [0.05, 0.1) is 11.2 Å². The zero-order valence-electron chi connectivity index (χ0n) is 11.2. The molecule has 0 aliphatic carbocycles. The Balaban J connectivity index is 2.22. The van der Waals surface area contributed by atoms with Crippen molar-refractivity contribution in [3.63, 3.8) is 0 Å². The summed E-state index contributed by atoms with van der Waals surface area (Å²) in [4.78, 5) is 11.6. The smallest absolute Gasteiger partial charge is 0.264 e. The van der Waals surface area contributed by atoms with Crippen molar-refractivity contribution >= 4 is 33.3 Å². The first-order valence-corrected chi connectivity index (χ1v) is 8.07. The molecule has 0 bridgehead atoms. The zero-order chi connectivity index (χ0) is 15.3. The van der Waals surface area contributed by atoms with Crippen molar-refractivity contribution in [3.8, 4) is 0 Å². The third-order valence-corrected chi connectivity index (χ3v) is 4.08. The fourth-order valence-electron chi connectivity index (χ4n) is 1.49. The molecule has 0 aromatic carbocycles. The van der Waals surface area contributed by atoms with Crippen molar-refractivity contribution in [1.82, 2.24) is 15.0 Å². The Kier molecular flexibility index (Phi) is 4.92. The molecule has 0 saturated heterocycles. The molecule has 0 saturated carbocycles. The SMILES string of the molecule is CCCNc1ncc(S(=O)(=O)Nc2cnccn2)cc1Cl. The number of hydrogen-bond acceptors (Lipinski definition) is 6. The molecule has 2 aromatic rings. The molecule has 0 amide bonds. The van der Waals surface area contributed by atoms with Gasteiger partial charge >= 0.3 is 0 Å². The van der Waals surface area contributed by atoms with Crippen molar-refractivity contribution in [2.24, 2.45) is 0 Å². The highest BCUT2D eigenvalue weighted by molar-refractivity contribution is 7.92. The first-order chi connectivity index (χ1) is 10.0. The molecule has 2 rings (SSSR count). The molecule has 112 valence electrons. The van der Waals surface area contributed by atoms with E-state index in [0.29, 0.717) is 12.4 Å². The Morgan fingerprint density at radius 2 is 2.05 bits per heavy atom. The van der Waals surface area contributed by atoms with E-state index in [-0.39, 0.29) is 15.7 Å². The summed E-state index contributed by atoms with van der Waals surface area (Å²) in [6, 6.07) is 1.34. The number of halogens is 1. The van der Waals surface area contributed by atoms with Crippen molar-refractivity contribution < 1.29 is 8.42 Å². The molecule has 0 aliphatic rings. The van der Waals surface area contributed by atoms with E-state index in [9.17, 15) is 8.42 Å². The maximum Gasteiger partial charge on any atom is 0.264 e. The minimum Gasteiger partial charge on any atom is -0.369 e. The Morgan fingerprint density at radius 1 is 1.24 bits per heavy atom. The third-order valence-electron chi connectivity index (χ3n) is 2.47. The van der Waals surface area contributed by atoms with Gasteiger partial charge < -0.3 is 5.32 Å². The summed E-state index contributed by atoms with van der Waals surface area (Å²) in [6.07, 6.45) is 6.30. The highest BCUT2D eigenvalue weighted by atomic mass is 35.5. The van der Waals surface area contributed by atoms with Crippen molar-refractivity contribution in [1.29, 1.82) is 0 Å². The molecular formula is C12H14ClN5O2S. The number of pyridine rings is 1. The summed E-state index contributed by atoms with van der Waals surface area (Å²) in [6.45, 7) is 2.71. The van der Waals surface area contributed by atoms with Crippen LogP contribution in [0.15, 0.2) is 35.7 Å². The van der Waals surface area contributed by atoms with Crippen LogP contribution in [-0.4, -0.2) is 29.9 Å². The molecule has 0 unspecified atom stereocenters. The number of sulfonamides is 1. The lowest BCUT2D eigenvalue weighted by Gasteiger charge is -2.09. The van der Waals surface area contributed by atoms with Gasteiger partial charge in [0.15, 0.2) is 5.82 Å². The number of nitrogens with zero attached hydrogens (tertiary/aromatic N) is 3. The second-order valence-corrected chi connectivity index (χ2v) is 6.21. The van der Waals surface area contributed by atoms with Crippen molar-refractivity contribution in [2.75, 3.05) is 16.6 Å². The fourth-order valence-corrected chi connectivity index (χ4v) is 2.75. The Bertz CT molecular complexity index is 709. The van der Waals surface area contributed by atoms with Gasteiger partial charge in [0.1, 0.15) is 10.7 Å². The first kappa shape index (κ1) is 15.5. The molecule has 7 nitrogen and oxygen atoms in total. The van der Waals surface area contributed by atoms with E-state index in [1.54, 1.807) is 0 Å². The van der Waals surface area contributed by atoms with Crippen LogP contribution in [0.5, 0.6) is 0 Å². The monoisotopic (exact) mass is 327 g/mol. The maximum atomic E-state index is 12.2. The molecule has 2 N–H and O–H groups in total. The number of anilines is 2. The van der Waals surface area contributed by atoms with Gasteiger partial charge in [0.25, 0.3) is 10.0 Å². The molecular weight excluding hydrogens is 314 g/mol. The Labute approximate surface area is 127 Å². The van der Waals surface area contributed by atoms with E-state index in [4.69, 9.17) is 11.6 Å². The first-order valence-electron chi connectivity index (χ1n) is 6.21. The van der Waals surface area contributed by atoms with Gasteiger partial charge in [0, 0.05) is 25.1 Å². The predicted octanol–water partition coefficient (Wildman–Crippen LogP) is 2.15. The van der Waals surface area contributed by atoms with Gasteiger partial charge in [-0.3, -0.25) is 9.71 Å². The lowest BCUT2D eigenvalue weighted by molar-refractivity contribution is 0.600. The molecule has 0 radical (unpaired) electrons. The van der Waals surface area contributed by atoms with Crippen LogP contribution >= 0.6 is 11.6 Å². The Hall–Kier alpha value is -1.93. The molecule has 0 atom stereocenters. The highest BCUT2D eigenvalue weighted by Crippen LogP contribution is 2.23. The highest BCUT2D eigenvalue weighted by Gasteiger charge is 2.17. The quantitative estimate of drug-likeness (QED) is 0.843. The van der Waals surface area contributed by atoms with E-state index < -0.39 is 10.0 Å². The average Bonchev–Trinajstić information content (AvgIpc) is 2.46. The standard InChI is InChI=1S/C12H14ClN5O2S/c1-2-3-16-12-10(13)6-9(7-17-12)21(19,20)18-11-8-14-4-5-15-11/h4-8H,2-3H2,1H3,(H,15,18)(H,16,17). The number of nitrogens with one attached hydrogen (secondary N) is 2. The maximum absolute atomic E-state index is 12.2. The number of hydrogen-bond donors (Lipinski definition) is 2. The normalized spacial score (nSPS) is 11.1. The van der Waals surface area contributed by atoms with E-state index >= 15 is 0 Å². The molecule has 2 aromatic heterocycles. The van der Waals surface area contributed by atoms with Gasteiger partial charge in [-0.25, -0.2) is 18.4 Å². The summed E-state index contributed by atoms with van der Waals surface area (Å²) in [5, 5.41) is 3.25. The van der Waals surface area contributed by atoms with Crippen LogP contribution in [0.2, 0.25) is 5.02 Å². The summed E-state index contributed by atoms with van der Waals surface area (Å²) in [5.41, 5.74) is 0. The van der Waals surface area contributed by atoms with Gasteiger partial charge in [-0.15, -0.1) is 0 Å². The molecule has 0 fully saturated rings. The van der Waals surface area contributed by atoms with Crippen LogP contribution in [-0.2, 0) is 10.0 Å². The van der Waals surface area contributed by atoms with Crippen LogP contribution in [0.1, 0.15) is 13.3 Å². The van der Waals surface area contributed by atoms with Crippen molar-refractivity contribution in [3.05, 3.63) is 35.9 Å². The van der Waals surface area contributed by atoms with Crippen LogP contribution in [0.25, 0.3) is 0 Å². The molecule has 0 aliphatic heterocycles. The molecule has 2 heterocycles. The van der Waals surface area contributed by atoms with E-state index in [1.165, 1.54) is 30.9 Å². The van der Waals surface area contributed by atoms with Gasteiger partial charge in [-0.1, -0.05) is 18.5 Å². The van der Waals surface area contributed by atoms with Gasteiger partial charge in [0.2, 0.25) is 0 Å². The molecule has 0 spiro atoms. The summed E-state index contributed by atoms with van der Waals surface area (Å²) < 4.78 is 26.7. The van der Waals surface area contributed by atoms with Crippen LogP contribution in [0, 0.1) is 0 Å². The lowest BCUT2D eigenvalue weighted by atomic mass is 10.4. The third kappa shape index (κ3) is 4.02. The van der Waals surface area contributed by atoms with Crippen LogP contribution < -0.4 is 10.0 Å². The zero-order valence-corrected chi connectivity index (χ0v) is 12.8. The van der Waals surface area contributed by atoms with Crippen LogP contribution in [0.3, 0.4) is 0 Å². The number of rotatable bonds is 6. The van der Waals surface area contributed by atoms with E-state index in [0.717, 1.165) is 6.42 Å².